The Balaban J connectivity index is 2.15. The lowest BCUT2D eigenvalue weighted by atomic mass is 10.1. The number of nitrogens with zero attached hydrogens (tertiary/aromatic N) is 1. The largest absolute Gasteiger partial charge is 0.339 e. The smallest absolute Gasteiger partial charge is 0.227 e. The lowest BCUT2D eigenvalue weighted by Crippen LogP contribution is -2.41. The summed E-state index contributed by atoms with van der Waals surface area (Å²) in [6.07, 6.45) is 0.281. The number of sulfone groups is 1. The maximum atomic E-state index is 13.7. The molecule has 0 N–H and O–H groups in total. The summed E-state index contributed by atoms with van der Waals surface area (Å²) in [5.74, 6) is -0.739. The number of likely N-dealkylation sites (N-methyl/N-ethyl adjacent to an activating group) is 1. The zero-order valence-corrected chi connectivity index (χ0v) is 13.3. The summed E-state index contributed by atoms with van der Waals surface area (Å²) in [6.45, 7) is 2.18. The van der Waals surface area contributed by atoms with Crippen LogP contribution in [0.1, 0.15) is 18.9 Å². The molecular weight excluding hydrogens is 317 g/mol. The fourth-order valence-electron chi connectivity index (χ4n) is 2.61. The highest BCUT2D eigenvalue weighted by atomic mass is 35.5. The van der Waals surface area contributed by atoms with Gasteiger partial charge >= 0.3 is 0 Å². The van der Waals surface area contributed by atoms with E-state index in [2.05, 4.69) is 0 Å². The van der Waals surface area contributed by atoms with E-state index in [0.717, 1.165) is 0 Å². The van der Waals surface area contributed by atoms with Gasteiger partial charge in [-0.05, 0) is 25.5 Å². The maximum absolute atomic E-state index is 13.7. The third kappa shape index (κ3) is 3.74. The lowest BCUT2D eigenvalue weighted by molar-refractivity contribution is -0.132. The normalized spacial score (nSPS) is 20.4. The minimum absolute atomic E-state index is 0.0163. The van der Waals surface area contributed by atoms with E-state index < -0.39 is 15.7 Å². The van der Waals surface area contributed by atoms with E-state index in [-0.39, 0.29) is 40.5 Å². The number of rotatable bonds is 4. The molecule has 0 bridgehead atoms. The molecule has 21 heavy (non-hydrogen) atoms. The molecule has 1 aliphatic heterocycles. The second-order valence-corrected chi connectivity index (χ2v) is 7.75. The maximum Gasteiger partial charge on any atom is 0.227 e. The molecular formula is C14H17ClFNO3S. The number of halogens is 2. The van der Waals surface area contributed by atoms with Crippen LogP contribution in [0.4, 0.5) is 4.39 Å². The summed E-state index contributed by atoms with van der Waals surface area (Å²) in [5, 5.41) is 0.207. The molecule has 1 fully saturated rings. The summed E-state index contributed by atoms with van der Waals surface area (Å²) in [7, 11) is -3.07. The highest BCUT2D eigenvalue weighted by Crippen LogP contribution is 2.22. The van der Waals surface area contributed by atoms with Crippen LogP contribution in [0, 0.1) is 5.82 Å². The molecule has 1 heterocycles. The van der Waals surface area contributed by atoms with E-state index in [1.165, 1.54) is 23.1 Å². The molecule has 4 nitrogen and oxygen atoms in total. The molecule has 2 rings (SSSR count). The van der Waals surface area contributed by atoms with Crippen molar-refractivity contribution in [2.75, 3.05) is 18.1 Å². The predicted molar refractivity (Wildman–Crippen MR) is 79.6 cm³/mol. The molecule has 0 saturated carbocycles. The fourth-order valence-corrected chi connectivity index (χ4v) is 4.57. The molecule has 1 aromatic carbocycles. The van der Waals surface area contributed by atoms with Crippen molar-refractivity contribution < 1.29 is 17.6 Å². The summed E-state index contributed by atoms with van der Waals surface area (Å²) in [4.78, 5) is 13.9. The van der Waals surface area contributed by atoms with Crippen molar-refractivity contribution in [2.24, 2.45) is 0 Å². The fraction of sp³-hybridized carbons (Fsp3) is 0.500. The summed E-state index contributed by atoms with van der Waals surface area (Å²) in [5.41, 5.74) is 0.156. The predicted octanol–water partition coefficient (Wildman–Crippen LogP) is 2.06. The molecule has 1 aliphatic rings. The molecule has 1 aromatic rings. The van der Waals surface area contributed by atoms with Crippen LogP contribution in [-0.2, 0) is 21.1 Å². The number of hydrogen-bond donors (Lipinski definition) is 0. The lowest BCUT2D eigenvalue weighted by Gasteiger charge is -2.27. The van der Waals surface area contributed by atoms with Crippen molar-refractivity contribution in [1.29, 1.82) is 0 Å². The SMILES string of the molecule is CCN(C(=O)Cc1c(F)cccc1Cl)[C@@H]1CCS(=O)(=O)C1. The third-order valence-corrected chi connectivity index (χ3v) is 5.80. The van der Waals surface area contributed by atoms with Crippen LogP contribution in [0.5, 0.6) is 0 Å². The zero-order chi connectivity index (χ0) is 15.6. The standard InChI is InChI=1S/C14H17ClFNO3S/c1-2-17(10-6-7-21(19,20)9-10)14(18)8-11-12(15)4-3-5-13(11)16/h3-5,10H,2,6-9H2,1H3/t10-/m1/s1. The van der Waals surface area contributed by atoms with Crippen molar-refractivity contribution >= 4 is 27.3 Å². The second-order valence-electron chi connectivity index (χ2n) is 5.11. The first-order chi connectivity index (χ1) is 9.84. The molecule has 0 aliphatic carbocycles. The monoisotopic (exact) mass is 333 g/mol. The summed E-state index contributed by atoms with van der Waals surface area (Å²) in [6, 6.07) is 3.94. The van der Waals surface area contributed by atoms with Crippen LogP contribution in [0.3, 0.4) is 0 Å². The Hall–Kier alpha value is -1.14. The van der Waals surface area contributed by atoms with Gasteiger partial charge in [0.25, 0.3) is 0 Å². The van der Waals surface area contributed by atoms with Crippen LogP contribution in [0.2, 0.25) is 5.02 Å². The molecule has 1 amide bonds. The van der Waals surface area contributed by atoms with Gasteiger partial charge in [0.1, 0.15) is 5.82 Å². The number of hydrogen-bond acceptors (Lipinski definition) is 3. The minimum atomic E-state index is -3.07. The molecule has 0 radical (unpaired) electrons. The highest BCUT2D eigenvalue weighted by Gasteiger charge is 2.34. The van der Waals surface area contributed by atoms with E-state index in [1.807, 2.05) is 0 Å². The number of carbonyl (C=O) groups is 1. The molecule has 0 unspecified atom stereocenters. The molecule has 7 heteroatoms. The molecule has 1 atom stereocenters. The quantitative estimate of drug-likeness (QED) is 0.847. The van der Waals surface area contributed by atoms with Gasteiger partial charge in [0.2, 0.25) is 5.91 Å². The molecule has 0 aromatic heterocycles. The Kier molecular flexibility index (Phi) is 4.88. The van der Waals surface area contributed by atoms with Crippen LogP contribution < -0.4 is 0 Å². The third-order valence-electron chi connectivity index (χ3n) is 3.70. The van der Waals surface area contributed by atoms with Gasteiger partial charge < -0.3 is 4.90 Å². The first-order valence-electron chi connectivity index (χ1n) is 6.77. The van der Waals surface area contributed by atoms with Gasteiger partial charge in [0, 0.05) is 23.2 Å². The molecule has 116 valence electrons. The molecule has 0 spiro atoms. The summed E-state index contributed by atoms with van der Waals surface area (Å²) >= 11 is 5.92. The Morgan fingerprint density at radius 3 is 2.71 bits per heavy atom. The topological polar surface area (TPSA) is 54.5 Å². The van der Waals surface area contributed by atoms with Crippen molar-refractivity contribution in [3.05, 3.63) is 34.6 Å². The average Bonchev–Trinajstić information content (AvgIpc) is 2.75. The highest BCUT2D eigenvalue weighted by molar-refractivity contribution is 7.91. The van der Waals surface area contributed by atoms with Gasteiger partial charge in [-0.1, -0.05) is 17.7 Å². The van der Waals surface area contributed by atoms with Gasteiger partial charge in [-0.25, -0.2) is 12.8 Å². The van der Waals surface area contributed by atoms with E-state index >= 15 is 0 Å². The zero-order valence-electron chi connectivity index (χ0n) is 11.7. The van der Waals surface area contributed by atoms with Crippen LogP contribution in [0.25, 0.3) is 0 Å². The number of benzene rings is 1. The Labute approximate surface area is 128 Å². The van der Waals surface area contributed by atoms with E-state index in [1.54, 1.807) is 6.92 Å². The van der Waals surface area contributed by atoms with Crippen LogP contribution in [0.15, 0.2) is 18.2 Å². The molecule has 1 saturated heterocycles. The van der Waals surface area contributed by atoms with Crippen molar-refractivity contribution in [1.82, 2.24) is 4.90 Å². The van der Waals surface area contributed by atoms with Crippen molar-refractivity contribution in [3.63, 3.8) is 0 Å². The van der Waals surface area contributed by atoms with Gasteiger partial charge in [-0.3, -0.25) is 4.79 Å². The Morgan fingerprint density at radius 2 is 2.19 bits per heavy atom. The summed E-state index contributed by atoms with van der Waals surface area (Å²) < 4.78 is 36.8. The van der Waals surface area contributed by atoms with Gasteiger partial charge in [-0.15, -0.1) is 0 Å². The number of carbonyl (C=O) groups excluding carboxylic acids is 1. The van der Waals surface area contributed by atoms with Crippen LogP contribution in [-0.4, -0.2) is 43.3 Å². The Bertz CT molecular complexity index is 627. The van der Waals surface area contributed by atoms with Gasteiger partial charge in [-0.2, -0.15) is 0 Å². The number of amides is 1. The van der Waals surface area contributed by atoms with Gasteiger partial charge in [0.15, 0.2) is 9.84 Å². The minimum Gasteiger partial charge on any atom is -0.339 e. The van der Waals surface area contributed by atoms with Crippen molar-refractivity contribution in [2.45, 2.75) is 25.8 Å². The van der Waals surface area contributed by atoms with Gasteiger partial charge in [0.05, 0.1) is 17.9 Å². The second kappa shape index (κ2) is 6.32. The van der Waals surface area contributed by atoms with Crippen LogP contribution >= 0.6 is 11.6 Å². The Morgan fingerprint density at radius 1 is 1.48 bits per heavy atom. The van der Waals surface area contributed by atoms with Crippen molar-refractivity contribution in [3.8, 4) is 0 Å². The van der Waals surface area contributed by atoms with E-state index in [9.17, 15) is 17.6 Å². The van der Waals surface area contributed by atoms with E-state index in [0.29, 0.717) is 13.0 Å². The first-order valence-corrected chi connectivity index (χ1v) is 8.96. The average molecular weight is 334 g/mol. The first kappa shape index (κ1) is 16.2. The van der Waals surface area contributed by atoms with E-state index in [4.69, 9.17) is 11.6 Å².